The van der Waals surface area contributed by atoms with Crippen LogP contribution in [-0.4, -0.2) is 14.5 Å². The van der Waals surface area contributed by atoms with Crippen molar-refractivity contribution < 1.29 is 4.74 Å². The van der Waals surface area contributed by atoms with Crippen LogP contribution in [0.5, 0.6) is 11.5 Å². The predicted octanol–water partition coefficient (Wildman–Crippen LogP) is 14.2. The molecule has 2 aromatic heterocycles. The Morgan fingerprint density at radius 3 is 1.70 bits per heavy atom. The van der Waals surface area contributed by atoms with Gasteiger partial charge in [-0.05, 0) is 69.8 Å². The Morgan fingerprint density at radius 2 is 0.967 bits per heavy atom. The van der Waals surface area contributed by atoms with Gasteiger partial charge in [0.2, 0.25) is 0 Å². The first-order valence-electron chi connectivity index (χ1n) is 20.8. The Labute approximate surface area is 352 Å². The van der Waals surface area contributed by atoms with Gasteiger partial charge in [-0.15, -0.1) is 0 Å². The van der Waals surface area contributed by atoms with E-state index in [1.807, 2.05) is 12.1 Å². The van der Waals surface area contributed by atoms with Crippen LogP contribution >= 0.6 is 0 Å². The normalized spacial score (nSPS) is 13.2. The first kappa shape index (κ1) is 33.8. The summed E-state index contributed by atoms with van der Waals surface area (Å²) in [5, 5.41) is 3.21. The van der Waals surface area contributed by atoms with Gasteiger partial charge in [0.15, 0.2) is 0 Å². The van der Waals surface area contributed by atoms with Crippen molar-refractivity contribution in [3.05, 3.63) is 235 Å². The summed E-state index contributed by atoms with van der Waals surface area (Å²) in [7, 11) is 0. The molecule has 11 aromatic rings. The van der Waals surface area contributed by atoms with Crippen molar-refractivity contribution in [2.24, 2.45) is 0 Å². The standard InChI is InChI=1S/C57H35N3O/c1-2-14-40(15-3-1)60-51-24-12-11-23-50(51)59-56(60)39-32-28-37(29-33-39)36-26-30-38(31-27-36)54-44-34-35-48-55(53(44)43-18-6-10-22-49(43)58-54)61-52-25-13-9-21-47(52)57(48)45-19-7-4-16-41(45)42-17-5-8-20-46(42)57/h1-35H. The van der Waals surface area contributed by atoms with Crippen LogP contribution in [0, 0.1) is 0 Å². The lowest BCUT2D eigenvalue weighted by Crippen LogP contribution is -2.32. The van der Waals surface area contributed by atoms with Crippen LogP contribution in [0.4, 0.5) is 0 Å². The second-order valence-corrected chi connectivity index (χ2v) is 16.0. The predicted molar refractivity (Wildman–Crippen MR) is 248 cm³/mol. The molecule has 61 heavy (non-hydrogen) atoms. The molecule has 3 heterocycles. The monoisotopic (exact) mass is 777 g/mol. The van der Waals surface area contributed by atoms with E-state index in [2.05, 4.69) is 205 Å². The number of pyridine rings is 1. The molecule has 284 valence electrons. The average molecular weight is 778 g/mol. The number of hydrogen-bond acceptors (Lipinski definition) is 3. The van der Waals surface area contributed by atoms with Gasteiger partial charge in [-0.1, -0.05) is 176 Å². The summed E-state index contributed by atoms with van der Waals surface area (Å²) in [5.74, 6) is 2.69. The lowest BCUT2D eigenvalue weighted by Gasteiger charge is -2.40. The maximum atomic E-state index is 7.14. The topological polar surface area (TPSA) is 39.9 Å². The molecular weight excluding hydrogens is 743 g/mol. The minimum absolute atomic E-state index is 0.540. The highest BCUT2D eigenvalue weighted by Gasteiger charge is 2.51. The number of aromatic nitrogens is 3. The number of nitrogens with zero attached hydrogens (tertiary/aromatic N) is 3. The van der Waals surface area contributed by atoms with Gasteiger partial charge >= 0.3 is 0 Å². The van der Waals surface area contributed by atoms with Gasteiger partial charge in [0.05, 0.1) is 27.7 Å². The van der Waals surface area contributed by atoms with Crippen molar-refractivity contribution in [1.29, 1.82) is 0 Å². The van der Waals surface area contributed by atoms with E-state index in [1.54, 1.807) is 0 Å². The molecule has 0 fully saturated rings. The van der Waals surface area contributed by atoms with E-state index in [-0.39, 0.29) is 0 Å². The van der Waals surface area contributed by atoms with Gasteiger partial charge in [0.1, 0.15) is 17.3 Å². The van der Waals surface area contributed by atoms with E-state index < -0.39 is 5.41 Å². The molecule has 4 heteroatoms. The third-order valence-electron chi connectivity index (χ3n) is 12.9. The molecule has 1 aliphatic carbocycles. The van der Waals surface area contributed by atoms with E-state index in [9.17, 15) is 0 Å². The Bertz CT molecular complexity index is 3500. The molecule has 0 atom stereocenters. The van der Waals surface area contributed by atoms with Crippen molar-refractivity contribution in [2.75, 3.05) is 0 Å². The summed E-state index contributed by atoms with van der Waals surface area (Å²) in [6.45, 7) is 0. The SMILES string of the molecule is c1ccc(-n2c(-c3ccc(-c4ccc(-c5nc6ccccc6c6c7c(ccc56)C5(c6ccccc6O7)c6ccccc6-c6ccccc65)cc4)cc3)nc3ccccc32)cc1. The summed E-state index contributed by atoms with van der Waals surface area (Å²) in [4.78, 5) is 10.4. The fraction of sp³-hybridized carbons (Fsp3) is 0.0175. The lowest BCUT2D eigenvalue weighted by molar-refractivity contribution is 0.442. The van der Waals surface area contributed by atoms with Crippen LogP contribution in [0.15, 0.2) is 212 Å². The molecule has 13 rings (SSSR count). The van der Waals surface area contributed by atoms with Crippen LogP contribution in [0.25, 0.3) is 83.3 Å². The number of fused-ring (bicyclic) bond motifs is 14. The van der Waals surface area contributed by atoms with Crippen molar-refractivity contribution in [3.8, 4) is 62.1 Å². The molecule has 0 N–H and O–H groups in total. The summed E-state index contributed by atoms with van der Waals surface area (Å²) in [6, 6.07) is 75.8. The second kappa shape index (κ2) is 13.0. The largest absolute Gasteiger partial charge is 0.456 e. The number of para-hydroxylation sites is 5. The van der Waals surface area contributed by atoms with Crippen molar-refractivity contribution in [2.45, 2.75) is 5.41 Å². The summed E-state index contributed by atoms with van der Waals surface area (Å²) in [6.07, 6.45) is 0. The lowest BCUT2D eigenvalue weighted by atomic mass is 9.65. The molecule has 4 nitrogen and oxygen atoms in total. The number of ether oxygens (including phenoxy) is 1. The van der Waals surface area contributed by atoms with Gasteiger partial charge in [-0.3, -0.25) is 4.57 Å². The maximum Gasteiger partial charge on any atom is 0.145 e. The Morgan fingerprint density at radius 1 is 0.393 bits per heavy atom. The van der Waals surface area contributed by atoms with E-state index in [0.717, 1.165) is 94.8 Å². The zero-order valence-electron chi connectivity index (χ0n) is 33.0. The molecule has 1 spiro atoms. The van der Waals surface area contributed by atoms with Crippen LogP contribution < -0.4 is 4.74 Å². The third-order valence-corrected chi connectivity index (χ3v) is 12.9. The highest BCUT2D eigenvalue weighted by molar-refractivity contribution is 6.15. The van der Waals surface area contributed by atoms with Gasteiger partial charge in [-0.2, -0.15) is 0 Å². The summed E-state index contributed by atoms with van der Waals surface area (Å²) >= 11 is 0. The molecular formula is C57H35N3O. The van der Waals surface area contributed by atoms with E-state index >= 15 is 0 Å². The zero-order valence-corrected chi connectivity index (χ0v) is 33.0. The van der Waals surface area contributed by atoms with Crippen LogP contribution in [0.1, 0.15) is 22.3 Å². The van der Waals surface area contributed by atoms with Crippen LogP contribution in [0.2, 0.25) is 0 Å². The molecule has 0 amide bonds. The molecule has 1 aliphatic heterocycles. The Kier molecular flexibility index (Phi) is 7.19. The number of rotatable bonds is 4. The number of hydrogen-bond donors (Lipinski definition) is 0. The highest BCUT2D eigenvalue weighted by Crippen LogP contribution is 2.63. The third kappa shape index (κ3) is 4.82. The molecule has 0 unspecified atom stereocenters. The zero-order chi connectivity index (χ0) is 40.1. The maximum absolute atomic E-state index is 7.14. The van der Waals surface area contributed by atoms with E-state index in [0.29, 0.717) is 0 Å². The molecule has 2 aliphatic rings. The Hall–Kier alpha value is -8.08. The molecule has 0 radical (unpaired) electrons. The highest BCUT2D eigenvalue weighted by atomic mass is 16.5. The fourth-order valence-electron chi connectivity index (χ4n) is 10.3. The summed E-state index contributed by atoms with van der Waals surface area (Å²) < 4.78 is 9.38. The quantitative estimate of drug-likeness (QED) is 0.167. The van der Waals surface area contributed by atoms with Gasteiger partial charge in [0, 0.05) is 44.1 Å². The minimum atomic E-state index is -0.540. The number of imidazole rings is 1. The second-order valence-electron chi connectivity index (χ2n) is 16.0. The average Bonchev–Trinajstić information content (AvgIpc) is 3.86. The van der Waals surface area contributed by atoms with E-state index in [4.69, 9.17) is 14.7 Å². The molecule has 9 aromatic carbocycles. The molecule has 0 saturated heterocycles. The first-order valence-corrected chi connectivity index (χ1v) is 20.8. The van der Waals surface area contributed by atoms with Gasteiger partial charge in [0.25, 0.3) is 0 Å². The smallest absolute Gasteiger partial charge is 0.145 e. The Balaban J connectivity index is 0.945. The molecule has 0 bridgehead atoms. The van der Waals surface area contributed by atoms with Crippen LogP contribution in [-0.2, 0) is 5.41 Å². The van der Waals surface area contributed by atoms with E-state index in [1.165, 1.54) is 22.3 Å². The minimum Gasteiger partial charge on any atom is -0.456 e. The molecule has 0 saturated carbocycles. The van der Waals surface area contributed by atoms with Crippen molar-refractivity contribution in [1.82, 2.24) is 14.5 Å². The fourth-order valence-corrected chi connectivity index (χ4v) is 10.3. The van der Waals surface area contributed by atoms with Gasteiger partial charge < -0.3 is 4.74 Å². The van der Waals surface area contributed by atoms with Crippen molar-refractivity contribution >= 4 is 32.7 Å². The van der Waals surface area contributed by atoms with Crippen molar-refractivity contribution in [3.63, 3.8) is 0 Å². The number of benzene rings is 9. The van der Waals surface area contributed by atoms with Crippen LogP contribution in [0.3, 0.4) is 0 Å². The first-order chi connectivity index (χ1) is 30.3. The van der Waals surface area contributed by atoms with Gasteiger partial charge in [-0.25, -0.2) is 9.97 Å². The summed E-state index contributed by atoms with van der Waals surface area (Å²) in [5.41, 5.74) is 16.3.